The third-order valence-electron chi connectivity index (χ3n) is 0. The predicted octanol–water partition coefficient (Wildman–Crippen LogP) is 0.586. The van der Waals surface area contributed by atoms with Crippen molar-refractivity contribution in [1.82, 2.24) is 0 Å². The third-order valence-corrected chi connectivity index (χ3v) is 0. The van der Waals surface area contributed by atoms with Crippen LogP contribution in [0.3, 0.4) is 0 Å². The van der Waals surface area contributed by atoms with E-state index in [0.29, 0.717) is 19.3 Å². The van der Waals surface area contributed by atoms with Crippen LogP contribution in [0, 0.1) is 5.90 Å². The second-order valence-electron chi connectivity index (χ2n) is 0.192. The molecule has 0 aliphatic carbocycles. The summed E-state index contributed by atoms with van der Waals surface area (Å²) in [5.41, 5.74) is 0. The molecule has 0 fully saturated rings. The molecule has 0 rings (SSSR count). The molecule has 0 radical (unpaired) electrons. The van der Waals surface area contributed by atoms with E-state index in [1.54, 1.807) is 0 Å². The van der Waals surface area contributed by atoms with E-state index < -0.39 is 0 Å². The van der Waals surface area contributed by atoms with Crippen molar-refractivity contribution in [1.29, 1.82) is 0.832 Å². The number of hydrogen-bond acceptors (Lipinski definition) is 0. The first kappa shape index (κ1) is 5.48. The molecule has 0 aromatic heterocycles. The fourth-order valence-electron chi connectivity index (χ4n) is 0. The van der Waals surface area contributed by atoms with Gasteiger partial charge in [0.1, 0.15) is 0 Å². The van der Waals surface area contributed by atoms with Crippen molar-refractivity contribution >= 4 is 18.5 Å². The van der Waals surface area contributed by atoms with Crippen molar-refractivity contribution in [2.24, 2.45) is 0 Å². The van der Waals surface area contributed by atoms with Gasteiger partial charge in [0.2, 0.25) is 0 Å². The van der Waals surface area contributed by atoms with E-state index in [1.165, 1.54) is 0 Å². The van der Waals surface area contributed by atoms with E-state index in [1.807, 2.05) is 5.90 Å². The van der Waals surface area contributed by atoms with E-state index in [-0.39, 0.29) is 0 Å². The second-order valence-corrected chi connectivity index (χ2v) is 1.73. The van der Waals surface area contributed by atoms with Gasteiger partial charge in [-0.2, -0.15) is 0 Å². The van der Waals surface area contributed by atoms with Gasteiger partial charge >= 0.3 is 20.2 Å². The van der Waals surface area contributed by atoms with Gasteiger partial charge < -0.3 is 0 Å². The Morgan fingerprint density at radius 2 is 1.75 bits per heavy atom. The van der Waals surface area contributed by atoms with E-state index >= 15 is 0 Å². The Morgan fingerprint density at radius 3 is 1.75 bits per heavy atom. The minimum absolute atomic E-state index is 0.625. The Kier molecular flexibility index (Phi) is 12.1. The molecule has 0 aliphatic rings. The van der Waals surface area contributed by atoms with Crippen LogP contribution in [-0.4, -0.2) is 0.832 Å². The zero-order chi connectivity index (χ0) is 4.71. The van der Waals surface area contributed by atoms with Crippen molar-refractivity contribution in [3.8, 4) is 0 Å². The molecule has 0 bridgehead atoms. The molecule has 0 N–H and O–H groups in total. The molecule has 0 saturated heterocycles. The van der Waals surface area contributed by atoms with Gasteiger partial charge in [-0.3, -0.25) is 24.4 Å². The van der Waals surface area contributed by atoms with Crippen LogP contribution < -0.4 is 0 Å². The quantitative estimate of drug-likeness (QED) is 0.267. The van der Waals surface area contributed by atoms with Crippen LogP contribution in [0.5, 0.6) is 0 Å². The molecule has 4 heavy (non-hydrogen) atoms. The van der Waals surface area contributed by atoms with Gasteiger partial charge in [-0.1, -0.05) is 0 Å². The Balaban J connectivity index is 0. The van der Waals surface area contributed by atoms with E-state index in [4.69, 9.17) is 0.832 Å². The normalized spacial score (nSPS) is 6.50. The number of hydrogen-bond donors (Lipinski definition) is 0. The Hall–Kier alpha value is 1.48. The van der Waals surface area contributed by atoms with Gasteiger partial charge in [0.25, 0.3) is 0 Å². The molecule has 0 aliphatic heterocycles. The molecule has 0 nitrogen and oxygen atoms in total. The van der Waals surface area contributed by atoms with E-state index in [2.05, 4.69) is 18.5 Å². The average molecular weight is 147 g/mol. The molecule has 2 unspecified atom stereocenters. The molecule has 22 valence electrons. The molecule has 0 amide bonds. The molecule has 0 saturated carbocycles. The topological polar surface area (TPSA) is 0 Å². The summed E-state index contributed by atoms with van der Waals surface area (Å²) in [4.78, 5) is 0. The van der Waals surface area contributed by atoms with Gasteiger partial charge in [-0.25, -0.2) is 0 Å². The molecule has 3 heteroatoms. The average Bonchev–Trinajstić information content (AvgIpc) is 1.46. The first-order chi connectivity index (χ1) is 2.41. The van der Waals surface area contributed by atoms with Gasteiger partial charge in [-0.15, -0.1) is 0 Å². The summed E-state index contributed by atoms with van der Waals surface area (Å²) < 4.78 is 5.88. The maximum absolute atomic E-state index is 5.88. The SMILES string of the molecule is P[CH-]P.[3H][Zn+]. The van der Waals surface area contributed by atoms with Crippen LogP contribution in [0.1, 0.15) is 0 Å². The summed E-state index contributed by atoms with van der Waals surface area (Å²) in [5, 5.41) is 0. The van der Waals surface area contributed by atoms with E-state index in [0.717, 1.165) is 0 Å². The van der Waals surface area contributed by atoms with Crippen molar-refractivity contribution < 1.29 is 19.3 Å². The molecule has 0 aromatic rings. The first-order valence-corrected chi connectivity index (χ1v) is 2.00. The summed E-state index contributed by atoms with van der Waals surface area (Å²) >= 11 is 0.625. The van der Waals surface area contributed by atoms with Crippen LogP contribution in [0.25, 0.3) is 0 Å². The third kappa shape index (κ3) is 9.76. The first-order valence-electron chi connectivity index (χ1n) is 1.37. The maximum atomic E-state index is 5.88. The molecular formula is CH6P2Zn. The van der Waals surface area contributed by atoms with Crippen molar-refractivity contribution in [3.05, 3.63) is 5.90 Å². The Morgan fingerprint density at radius 1 is 1.75 bits per heavy atom. The van der Waals surface area contributed by atoms with Gasteiger partial charge in [0.05, 0.1) is 0 Å². The van der Waals surface area contributed by atoms with Crippen LogP contribution in [0.4, 0.5) is 0 Å². The van der Waals surface area contributed by atoms with Crippen molar-refractivity contribution in [2.75, 3.05) is 0 Å². The molecule has 0 aromatic carbocycles. The fraction of sp³-hybridized carbons (Fsp3) is 0. The standard InChI is InChI=1S/CH5P2.Zn.H/c2-1-3;;/h1H,2-3H2;;/q-1;+1;/i;;1+2. The fourth-order valence-corrected chi connectivity index (χ4v) is 0. The summed E-state index contributed by atoms with van der Waals surface area (Å²) in [6.45, 7) is 0. The predicted molar refractivity (Wildman–Crippen MR) is 25.1 cm³/mol. The Bertz CT molecular complexity index is 9.61. The summed E-state index contributed by atoms with van der Waals surface area (Å²) in [5.74, 6) is 1.83. The van der Waals surface area contributed by atoms with Crippen LogP contribution >= 0.6 is 18.5 Å². The molecule has 2 atom stereocenters. The molecular weight excluding hydrogens is 139 g/mol. The van der Waals surface area contributed by atoms with Gasteiger partial charge in [0.15, 0.2) is 0 Å². The van der Waals surface area contributed by atoms with E-state index in [9.17, 15) is 0 Å². The summed E-state index contributed by atoms with van der Waals surface area (Å²) in [7, 11) is 4.83. The second kappa shape index (κ2) is 8.82. The van der Waals surface area contributed by atoms with Crippen LogP contribution in [-0.2, 0) is 19.3 Å². The molecule has 0 heterocycles. The van der Waals surface area contributed by atoms with Gasteiger partial charge in [-0.05, 0) is 0 Å². The van der Waals surface area contributed by atoms with Gasteiger partial charge in [0, 0.05) is 0 Å². The zero-order valence-corrected chi connectivity index (χ0v) is 7.72. The summed E-state index contributed by atoms with van der Waals surface area (Å²) in [6, 6.07) is 0. The van der Waals surface area contributed by atoms with Crippen LogP contribution in [0.15, 0.2) is 0 Å². The van der Waals surface area contributed by atoms with Crippen LogP contribution in [0.2, 0.25) is 0 Å². The Labute approximate surface area is 45.0 Å². The van der Waals surface area contributed by atoms with Crippen molar-refractivity contribution in [2.45, 2.75) is 0 Å². The molecule has 0 spiro atoms. The zero-order valence-electron chi connectivity index (χ0n) is 3.44. The monoisotopic (exact) mass is 146 g/mol. The summed E-state index contributed by atoms with van der Waals surface area (Å²) in [6.07, 6.45) is 0. The minimum atomic E-state index is 0.625. The number of rotatable bonds is 0. The van der Waals surface area contributed by atoms with Crippen molar-refractivity contribution in [3.63, 3.8) is 0 Å².